The zero-order chi connectivity index (χ0) is 26.7. The largest absolute Gasteiger partial charge is 0.367 e. The quantitative estimate of drug-likeness (QED) is 0.381. The van der Waals surface area contributed by atoms with Gasteiger partial charge in [-0.3, -0.25) is 14.9 Å². The molecular formula is C30H32N6O3. The van der Waals surface area contributed by atoms with E-state index in [-0.39, 0.29) is 10.6 Å². The van der Waals surface area contributed by atoms with E-state index in [1.54, 1.807) is 18.2 Å². The Morgan fingerprint density at radius 2 is 1.82 bits per heavy atom. The number of hydrogen-bond donors (Lipinski definition) is 2. The molecule has 0 radical (unpaired) electrons. The third-order valence-electron chi connectivity index (χ3n) is 9.34. The van der Waals surface area contributed by atoms with Crippen LogP contribution in [-0.2, 0) is 0 Å². The lowest BCUT2D eigenvalue weighted by Crippen LogP contribution is -2.73. The summed E-state index contributed by atoms with van der Waals surface area (Å²) in [6, 6.07) is 20.4. The number of nitro benzene ring substituents is 1. The topological polar surface area (TPSA) is 118 Å². The van der Waals surface area contributed by atoms with Crippen molar-refractivity contribution in [3.05, 3.63) is 82.5 Å². The molecule has 2 saturated heterocycles. The normalized spacial score (nSPS) is 29.1. The van der Waals surface area contributed by atoms with Crippen LogP contribution in [0.5, 0.6) is 0 Å². The molecule has 1 amide bonds. The Bertz CT molecular complexity index is 1430. The van der Waals surface area contributed by atoms with Crippen molar-refractivity contribution < 1.29 is 9.72 Å². The van der Waals surface area contributed by atoms with Crippen molar-refractivity contribution in [1.29, 1.82) is 0 Å². The van der Waals surface area contributed by atoms with Crippen LogP contribution in [0, 0.1) is 16.0 Å². The molecule has 0 spiro atoms. The van der Waals surface area contributed by atoms with Gasteiger partial charge in [0.2, 0.25) is 5.91 Å². The average Bonchev–Trinajstić information content (AvgIpc) is 3.56. The van der Waals surface area contributed by atoms with Crippen molar-refractivity contribution in [2.24, 2.45) is 11.7 Å². The smallest absolute Gasteiger partial charge is 0.269 e. The van der Waals surface area contributed by atoms with E-state index in [2.05, 4.69) is 21.2 Å². The molecule has 3 aromatic rings. The van der Waals surface area contributed by atoms with Crippen LogP contribution in [-0.4, -0.2) is 52.6 Å². The third kappa shape index (κ3) is 4.03. The SMILES string of the molecule is NC(=O)c1cccc(-c2ccnc(N3C4CCCCC4NC4C5CC(CN5c5ccc([N+](=O)[O-])cc5)C43)c2)c1. The van der Waals surface area contributed by atoms with Crippen LogP contribution in [0.15, 0.2) is 66.9 Å². The highest BCUT2D eigenvalue weighted by molar-refractivity contribution is 5.94. The first kappa shape index (κ1) is 24.1. The number of anilines is 2. The van der Waals surface area contributed by atoms with Crippen LogP contribution >= 0.6 is 0 Å². The van der Waals surface area contributed by atoms with Gasteiger partial charge in [-0.2, -0.15) is 0 Å². The van der Waals surface area contributed by atoms with E-state index in [0.717, 1.165) is 48.4 Å². The molecule has 4 aliphatic rings. The summed E-state index contributed by atoms with van der Waals surface area (Å²) in [5.74, 6) is 1.04. The summed E-state index contributed by atoms with van der Waals surface area (Å²) in [4.78, 5) is 32.6. The van der Waals surface area contributed by atoms with Gasteiger partial charge in [0.1, 0.15) is 5.82 Å². The lowest BCUT2D eigenvalue weighted by Gasteiger charge is -2.56. The molecule has 2 aliphatic heterocycles. The van der Waals surface area contributed by atoms with Crippen molar-refractivity contribution >= 4 is 23.1 Å². The Kier molecular flexibility index (Phi) is 5.77. The molecule has 200 valence electrons. The maximum atomic E-state index is 11.8. The van der Waals surface area contributed by atoms with Crippen LogP contribution in [0.3, 0.4) is 0 Å². The maximum absolute atomic E-state index is 11.8. The number of non-ortho nitro benzene ring substituents is 1. The summed E-state index contributed by atoms with van der Waals surface area (Å²) in [6.45, 7) is 0.930. The van der Waals surface area contributed by atoms with Gasteiger partial charge in [0.15, 0.2) is 0 Å². The highest BCUT2D eigenvalue weighted by atomic mass is 16.6. The van der Waals surface area contributed by atoms with Crippen LogP contribution in [0.1, 0.15) is 42.5 Å². The molecule has 3 heterocycles. The minimum absolute atomic E-state index is 0.125. The zero-order valence-corrected chi connectivity index (χ0v) is 21.6. The molecule has 1 aromatic heterocycles. The number of piperazine rings is 1. The van der Waals surface area contributed by atoms with E-state index >= 15 is 0 Å². The number of carbonyl (C=O) groups excluding carboxylic acids is 1. The Morgan fingerprint density at radius 1 is 1.03 bits per heavy atom. The predicted molar refractivity (Wildman–Crippen MR) is 150 cm³/mol. The Balaban J connectivity index is 1.23. The summed E-state index contributed by atoms with van der Waals surface area (Å²) < 4.78 is 0. The van der Waals surface area contributed by atoms with Crippen molar-refractivity contribution in [3.8, 4) is 11.1 Å². The van der Waals surface area contributed by atoms with Crippen molar-refractivity contribution in [1.82, 2.24) is 10.3 Å². The molecule has 2 bridgehead atoms. The fourth-order valence-electron chi connectivity index (χ4n) is 7.70. The van der Waals surface area contributed by atoms with E-state index in [1.165, 1.54) is 12.8 Å². The Labute approximate surface area is 227 Å². The van der Waals surface area contributed by atoms with E-state index in [1.807, 2.05) is 42.6 Å². The molecule has 39 heavy (non-hydrogen) atoms. The first-order chi connectivity index (χ1) is 19.0. The minimum atomic E-state index is -0.430. The Hall–Kier alpha value is -3.98. The second-order valence-electron chi connectivity index (χ2n) is 11.4. The molecule has 7 rings (SSSR count). The van der Waals surface area contributed by atoms with Gasteiger partial charge in [-0.25, -0.2) is 4.98 Å². The second-order valence-corrected chi connectivity index (χ2v) is 11.4. The fourth-order valence-corrected chi connectivity index (χ4v) is 7.70. The van der Waals surface area contributed by atoms with Gasteiger partial charge in [0, 0.05) is 66.2 Å². The summed E-state index contributed by atoms with van der Waals surface area (Å²) in [7, 11) is 0. The lowest BCUT2D eigenvalue weighted by molar-refractivity contribution is -0.384. The maximum Gasteiger partial charge on any atom is 0.269 e. The highest BCUT2D eigenvalue weighted by Crippen LogP contribution is 2.48. The number of pyridine rings is 1. The Morgan fingerprint density at radius 3 is 2.62 bits per heavy atom. The molecule has 3 N–H and O–H groups in total. The monoisotopic (exact) mass is 524 g/mol. The first-order valence-corrected chi connectivity index (χ1v) is 13.9. The van der Waals surface area contributed by atoms with Crippen LogP contribution < -0.4 is 20.9 Å². The summed E-state index contributed by atoms with van der Waals surface area (Å²) in [6.07, 6.45) is 7.72. The second kappa shape index (κ2) is 9.34. The van der Waals surface area contributed by atoms with Crippen molar-refractivity contribution in [2.75, 3.05) is 16.3 Å². The number of piperidine rings is 1. The third-order valence-corrected chi connectivity index (χ3v) is 9.34. The number of benzene rings is 2. The van der Waals surface area contributed by atoms with Gasteiger partial charge in [0.05, 0.1) is 11.0 Å². The summed E-state index contributed by atoms with van der Waals surface area (Å²) in [5.41, 5.74) is 9.21. The van der Waals surface area contributed by atoms with Gasteiger partial charge in [-0.15, -0.1) is 0 Å². The number of nitro groups is 1. The van der Waals surface area contributed by atoms with Gasteiger partial charge in [0.25, 0.3) is 5.69 Å². The van der Waals surface area contributed by atoms with Gasteiger partial charge in [-0.05, 0) is 66.8 Å². The van der Waals surface area contributed by atoms with Gasteiger partial charge >= 0.3 is 0 Å². The van der Waals surface area contributed by atoms with Crippen LogP contribution in [0.4, 0.5) is 17.2 Å². The number of rotatable bonds is 5. The predicted octanol–water partition coefficient (Wildman–Crippen LogP) is 4.12. The van der Waals surface area contributed by atoms with E-state index in [9.17, 15) is 14.9 Å². The molecule has 6 atom stereocenters. The highest BCUT2D eigenvalue weighted by Gasteiger charge is 2.58. The number of aromatic nitrogens is 1. The minimum Gasteiger partial charge on any atom is -0.367 e. The summed E-state index contributed by atoms with van der Waals surface area (Å²) in [5, 5.41) is 15.2. The average molecular weight is 525 g/mol. The van der Waals surface area contributed by atoms with E-state index < -0.39 is 5.91 Å². The molecule has 6 unspecified atom stereocenters. The summed E-state index contributed by atoms with van der Waals surface area (Å²) >= 11 is 0. The van der Waals surface area contributed by atoms with Crippen molar-refractivity contribution in [2.45, 2.75) is 62.3 Å². The number of nitrogens with two attached hydrogens (primary N) is 1. The van der Waals surface area contributed by atoms with Crippen LogP contribution in [0.2, 0.25) is 0 Å². The number of nitrogens with zero attached hydrogens (tertiary/aromatic N) is 4. The molecule has 2 saturated carbocycles. The lowest BCUT2D eigenvalue weighted by atomic mass is 9.81. The van der Waals surface area contributed by atoms with Gasteiger partial charge < -0.3 is 20.9 Å². The number of hydrogen-bond acceptors (Lipinski definition) is 7. The molecule has 9 heteroatoms. The fraction of sp³-hybridized carbons (Fsp3) is 0.400. The molecule has 2 aliphatic carbocycles. The van der Waals surface area contributed by atoms with Crippen LogP contribution in [0.25, 0.3) is 11.1 Å². The van der Waals surface area contributed by atoms with Gasteiger partial charge in [-0.1, -0.05) is 25.0 Å². The molecule has 9 nitrogen and oxygen atoms in total. The zero-order valence-electron chi connectivity index (χ0n) is 21.6. The number of amides is 1. The number of carbonyl (C=O) groups is 1. The molecular weight excluding hydrogens is 492 g/mol. The molecule has 2 aromatic carbocycles. The first-order valence-electron chi connectivity index (χ1n) is 13.9. The van der Waals surface area contributed by atoms with Crippen molar-refractivity contribution in [3.63, 3.8) is 0 Å². The standard InChI is InChI=1S/C30H32N6O3/c31-30(37)20-5-3-4-18(14-20)19-12-13-32-27(16-19)35-25-7-2-1-6-24(25)33-28-26-15-21(29(28)35)17-34(26)22-8-10-23(11-9-22)36(38)39/h3-5,8-14,16,21,24-26,28-29,33H,1-2,6-7,15,17H2,(H2,31,37). The number of primary amides is 1. The van der Waals surface area contributed by atoms with E-state index in [4.69, 9.17) is 10.7 Å². The molecule has 4 fully saturated rings. The number of fused-ring (bicyclic) bond motifs is 6. The van der Waals surface area contributed by atoms with E-state index in [0.29, 0.717) is 41.7 Å². The number of nitrogens with one attached hydrogen (secondary N) is 1.